The fraction of sp³-hybridized carbons (Fsp3) is 0.375. The molecular weight excluding hydrogens is 202 g/mol. The van der Waals surface area contributed by atoms with Crippen LogP contribution in [0.25, 0.3) is 0 Å². The van der Waals surface area contributed by atoms with Crippen molar-refractivity contribution in [2.75, 3.05) is 18.1 Å². The third kappa shape index (κ3) is 2.53. The molecule has 1 aromatic heterocycles. The van der Waals surface area contributed by atoms with Gasteiger partial charge in [-0.15, -0.1) is 11.7 Å². The van der Waals surface area contributed by atoms with Crippen LogP contribution in [0.2, 0.25) is 0 Å². The molecule has 0 bridgehead atoms. The van der Waals surface area contributed by atoms with Crippen molar-refractivity contribution in [3.05, 3.63) is 18.9 Å². The van der Waals surface area contributed by atoms with Crippen LogP contribution in [-0.4, -0.2) is 28.8 Å². The van der Waals surface area contributed by atoms with Gasteiger partial charge in [0, 0.05) is 18.1 Å². The topological polar surface area (TPSA) is 55.3 Å². The van der Waals surface area contributed by atoms with Crippen molar-refractivity contribution in [1.29, 1.82) is 0 Å². The maximum Gasteiger partial charge on any atom is 0.415 e. The summed E-state index contributed by atoms with van der Waals surface area (Å²) in [7, 11) is 0. The number of rotatable bonds is 4. The van der Waals surface area contributed by atoms with Crippen LogP contribution in [0.1, 0.15) is 6.92 Å². The van der Waals surface area contributed by atoms with Gasteiger partial charge in [-0.05, 0) is 6.92 Å². The van der Waals surface area contributed by atoms with Crippen LogP contribution >= 0.6 is 11.5 Å². The SMILES string of the molecule is C=CCN(C(=O)OCC)c1cnns1. The summed E-state index contributed by atoms with van der Waals surface area (Å²) in [5, 5.41) is 4.31. The number of carbonyl (C=O) groups is 1. The van der Waals surface area contributed by atoms with E-state index in [4.69, 9.17) is 4.74 Å². The minimum absolute atomic E-state index is 0.346. The van der Waals surface area contributed by atoms with Crippen molar-refractivity contribution in [2.24, 2.45) is 0 Å². The molecule has 14 heavy (non-hydrogen) atoms. The molecule has 6 heteroatoms. The summed E-state index contributed by atoms with van der Waals surface area (Å²) < 4.78 is 8.55. The second-order valence-electron chi connectivity index (χ2n) is 2.35. The minimum atomic E-state index is -0.404. The first-order valence-electron chi connectivity index (χ1n) is 4.12. The first-order chi connectivity index (χ1) is 6.79. The zero-order valence-electron chi connectivity index (χ0n) is 7.84. The molecule has 1 heterocycles. The van der Waals surface area contributed by atoms with Crippen molar-refractivity contribution in [3.63, 3.8) is 0 Å². The van der Waals surface area contributed by atoms with Crippen molar-refractivity contribution >= 4 is 22.6 Å². The molecule has 0 fully saturated rings. The van der Waals surface area contributed by atoms with Crippen LogP contribution in [0, 0.1) is 0 Å². The number of aromatic nitrogens is 2. The van der Waals surface area contributed by atoms with E-state index in [1.165, 1.54) is 11.1 Å². The Morgan fingerprint density at radius 2 is 2.64 bits per heavy atom. The minimum Gasteiger partial charge on any atom is -0.449 e. The Balaban J connectivity index is 2.73. The third-order valence-electron chi connectivity index (χ3n) is 1.42. The van der Waals surface area contributed by atoms with Gasteiger partial charge in [0.15, 0.2) is 0 Å². The molecule has 0 aliphatic rings. The zero-order valence-corrected chi connectivity index (χ0v) is 8.66. The largest absolute Gasteiger partial charge is 0.449 e. The van der Waals surface area contributed by atoms with E-state index in [1.807, 2.05) is 0 Å². The van der Waals surface area contributed by atoms with Crippen LogP contribution in [-0.2, 0) is 4.74 Å². The Kier molecular flexibility index (Phi) is 4.06. The number of hydrogen-bond acceptors (Lipinski definition) is 5. The summed E-state index contributed by atoms with van der Waals surface area (Å²) in [5.41, 5.74) is 0. The van der Waals surface area contributed by atoms with Crippen LogP contribution in [0.4, 0.5) is 9.80 Å². The second-order valence-corrected chi connectivity index (χ2v) is 3.12. The van der Waals surface area contributed by atoms with Gasteiger partial charge in [-0.25, -0.2) is 4.79 Å². The molecule has 0 unspecified atom stereocenters. The fourth-order valence-electron chi connectivity index (χ4n) is 0.866. The molecule has 0 N–H and O–H groups in total. The lowest BCUT2D eigenvalue weighted by molar-refractivity contribution is 0.160. The van der Waals surface area contributed by atoms with Crippen LogP contribution in [0.3, 0.4) is 0 Å². The summed E-state index contributed by atoms with van der Waals surface area (Å²) in [6.07, 6.45) is 2.74. The molecule has 0 spiro atoms. The molecule has 0 aromatic carbocycles. The molecule has 0 aliphatic heterocycles. The number of carbonyl (C=O) groups excluding carboxylic acids is 1. The number of nitrogens with zero attached hydrogens (tertiary/aromatic N) is 3. The highest BCUT2D eigenvalue weighted by Crippen LogP contribution is 2.17. The highest BCUT2D eigenvalue weighted by Gasteiger charge is 2.16. The molecule has 0 radical (unpaired) electrons. The van der Waals surface area contributed by atoms with E-state index < -0.39 is 6.09 Å². The van der Waals surface area contributed by atoms with Crippen molar-refractivity contribution in [1.82, 2.24) is 9.59 Å². The predicted octanol–water partition coefficient (Wildman–Crippen LogP) is 1.69. The first-order valence-corrected chi connectivity index (χ1v) is 4.89. The molecule has 0 saturated carbocycles. The maximum absolute atomic E-state index is 11.4. The Morgan fingerprint density at radius 3 is 3.14 bits per heavy atom. The Bertz CT molecular complexity index is 300. The molecule has 1 rings (SSSR count). The monoisotopic (exact) mass is 213 g/mol. The number of anilines is 1. The summed E-state index contributed by atoms with van der Waals surface area (Å²) in [6.45, 7) is 6.06. The van der Waals surface area contributed by atoms with Crippen LogP contribution < -0.4 is 4.90 Å². The molecule has 1 aromatic rings. The van der Waals surface area contributed by atoms with E-state index in [1.54, 1.807) is 13.0 Å². The molecule has 0 atom stereocenters. The average Bonchev–Trinajstić information content (AvgIpc) is 2.67. The van der Waals surface area contributed by atoms with Gasteiger partial charge in [-0.2, -0.15) is 0 Å². The van der Waals surface area contributed by atoms with Gasteiger partial charge in [0.1, 0.15) is 5.00 Å². The molecular formula is C8H11N3O2S. The van der Waals surface area contributed by atoms with Gasteiger partial charge in [0.05, 0.1) is 12.8 Å². The number of ether oxygens (including phenoxy) is 1. The molecule has 1 amide bonds. The average molecular weight is 213 g/mol. The van der Waals surface area contributed by atoms with E-state index in [0.29, 0.717) is 18.2 Å². The number of hydrogen-bond donors (Lipinski definition) is 0. The quantitative estimate of drug-likeness (QED) is 0.714. The van der Waals surface area contributed by atoms with E-state index in [0.717, 1.165) is 11.5 Å². The Morgan fingerprint density at radius 1 is 1.86 bits per heavy atom. The van der Waals surface area contributed by atoms with E-state index in [-0.39, 0.29) is 0 Å². The second kappa shape index (κ2) is 5.33. The molecule has 76 valence electrons. The Labute approximate surface area is 86.2 Å². The Hall–Kier alpha value is -1.43. The summed E-state index contributed by atoms with van der Waals surface area (Å²) >= 11 is 1.14. The highest BCUT2D eigenvalue weighted by atomic mass is 32.1. The standard InChI is InChI=1S/C8H11N3O2S/c1-3-5-11(8(12)13-4-2)7-6-9-10-14-7/h3,6H,1,4-5H2,2H3. The molecule has 0 aliphatic carbocycles. The zero-order chi connectivity index (χ0) is 10.4. The smallest absolute Gasteiger partial charge is 0.415 e. The summed E-state index contributed by atoms with van der Waals surface area (Å²) in [4.78, 5) is 12.9. The van der Waals surface area contributed by atoms with E-state index >= 15 is 0 Å². The third-order valence-corrected chi connectivity index (χ3v) is 2.10. The summed E-state index contributed by atoms with van der Waals surface area (Å²) in [6, 6.07) is 0. The van der Waals surface area contributed by atoms with Gasteiger partial charge in [0.25, 0.3) is 0 Å². The van der Waals surface area contributed by atoms with Gasteiger partial charge in [0.2, 0.25) is 0 Å². The lowest BCUT2D eigenvalue weighted by Crippen LogP contribution is -2.30. The van der Waals surface area contributed by atoms with Gasteiger partial charge in [-0.1, -0.05) is 10.6 Å². The van der Waals surface area contributed by atoms with Crippen LogP contribution in [0.15, 0.2) is 18.9 Å². The fourth-order valence-corrected chi connectivity index (χ4v) is 1.39. The van der Waals surface area contributed by atoms with E-state index in [2.05, 4.69) is 16.2 Å². The highest BCUT2D eigenvalue weighted by molar-refractivity contribution is 7.10. The van der Waals surface area contributed by atoms with Crippen molar-refractivity contribution in [3.8, 4) is 0 Å². The molecule has 0 saturated heterocycles. The predicted molar refractivity (Wildman–Crippen MR) is 54.5 cm³/mol. The normalized spacial score (nSPS) is 9.50. The van der Waals surface area contributed by atoms with Crippen LogP contribution in [0.5, 0.6) is 0 Å². The lowest BCUT2D eigenvalue weighted by atomic mass is 10.5. The summed E-state index contributed by atoms with van der Waals surface area (Å²) in [5.74, 6) is 0. The van der Waals surface area contributed by atoms with Gasteiger partial charge in [-0.3, -0.25) is 4.90 Å². The maximum atomic E-state index is 11.4. The lowest BCUT2D eigenvalue weighted by Gasteiger charge is -2.16. The molecule has 5 nitrogen and oxygen atoms in total. The number of amides is 1. The van der Waals surface area contributed by atoms with Crippen molar-refractivity contribution in [2.45, 2.75) is 6.92 Å². The van der Waals surface area contributed by atoms with Crippen molar-refractivity contribution < 1.29 is 9.53 Å². The first kappa shape index (κ1) is 10.6. The van der Waals surface area contributed by atoms with Gasteiger partial charge < -0.3 is 4.74 Å². The van der Waals surface area contributed by atoms with Gasteiger partial charge >= 0.3 is 6.09 Å². The van der Waals surface area contributed by atoms with E-state index in [9.17, 15) is 4.79 Å².